The highest BCUT2D eigenvalue weighted by molar-refractivity contribution is 5.91. The molecule has 0 unspecified atom stereocenters. The third kappa shape index (κ3) is 6.31. The van der Waals surface area contributed by atoms with Crippen molar-refractivity contribution in [3.8, 4) is 11.5 Å². The monoisotopic (exact) mass is 402 g/mol. The maximum atomic E-state index is 12.1. The third-order valence-corrected chi connectivity index (χ3v) is 4.14. The minimum atomic E-state index is -0.419. The SMILES string of the molecule is Cc1ccc(C(=O)Oc2ccc(C=NNC(=O)COc3cccc(C)c3)cc2)cc1. The van der Waals surface area contributed by atoms with Gasteiger partial charge in [-0.05, 0) is 73.5 Å². The van der Waals surface area contributed by atoms with Crippen LogP contribution in [0.5, 0.6) is 11.5 Å². The van der Waals surface area contributed by atoms with Crippen molar-refractivity contribution in [1.29, 1.82) is 0 Å². The van der Waals surface area contributed by atoms with Crippen LogP contribution in [0.1, 0.15) is 27.0 Å². The van der Waals surface area contributed by atoms with Gasteiger partial charge in [0.1, 0.15) is 11.5 Å². The van der Waals surface area contributed by atoms with Crippen LogP contribution in [0.3, 0.4) is 0 Å². The molecule has 3 aromatic carbocycles. The highest BCUT2D eigenvalue weighted by Gasteiger charge is 2.08. The lowest BCUT2D eigenvalue weighted by Gasteiger charge is -2.06. The summed E-state index contributed by atoms with van der Waals surface area (Å²) in [5, 5.41) is 3.91. The van der Waals surface area contributed by atoms with Crippen molar-refractivity contribution in [3.63, 3.8) is 0 Å². The second kappa shape index (κ2) is 10.0. The van der Waals surface area contributed by atoms with Crippen molar-refractivity contribution in [1.82, 2.24) is 5.43 Å². The molecule has 0 saturated carbocycles. The quantitative estimate of drug-likeness (QED) is 0.280. The first-order valence-corrected chi connectivity index (χ1v) is 9.40. The van der Waals surface area contributed by atoms with Crippen LogP contribution in [0.15, 0.2) is 77.9 Å². The Hall–Kier alpha value is -3.93. The number of nitrogens with zero attached hydrogens (tertiary/aromatic N) is 1. The molecule has 6 nitrogen and oxygen atoms in total. The topological polar surface area (TPSA) is 77.0 Å². The second-order valence-electron chi connectivity index (χ2n) is 6.72. The van der Waals surface area contributed by atoms with E-state index in [0.717, 1.165) is 16.7 Å². The van der Waals surface area contributed by atoms with E-state index in [9.17, 15) is 9.59 Å². The number of hydrogen-bond acceptors (Lipinski definition) is 5. The predicted octanol–water partition coefficient (Wildman–Crippen LogP) is 4.05. The van der Waals surface area contributed by atoms with Crippen molar-refractivity contribution in [2.24, 2.45) is 5.10 Å². The first-order chi connectivity index (χ1) is 14.5. The van der Waals surface area contributed by atoms with Gasteiger partial charge in [0.15, 0.2) is 6.61 Å². The average molecular weight is 402 g/mol. The van der Waals surface area contributed by atoms with Crippen LogP contribution >= 0.6 is 0 Å². The maximum absolute atomic E-state index is 12.1. The molecule has 0 bridgehead atoms. The first-order valence-electron chi connectivity index (χ1n) is 9.40. The van der Waals surface area contributed by atoms with E-state index >= 15 is 0 Å². The van der Waals surface area contributed by atoms with Crippen molar-refractivity contribution >= 4 is 18.1 Å². The zero-order valence-electron chi connectivity index (χ0n) is 16.8. The molecule has 3 aromatic rings. The Bertz CT molecular complexity index is 1040. The summed E-state index contributed by atoms with van der Waals surface area (Å²) in [5.41, 5.74) is 5.77. The number of nitrogens with one attached hydrogen (secondary N) is 1. The number of amides is 1. The largest absolute Gasteiger partial charge is 0.484 e. The number of hydrazone groups is 1. The smallest absolute Gasteiger partial charge is 0.343 e. The Kier molecular flexibility index (Phi) is 6.95. The van der Waals surface area contributed by atoms with Crippen LogP contribution in [0.2, 0.25) is 0 Å². The Labute approximate surface area is 175 Å². The summed E-state index contributed by atoms with van der Waals surface area (Å²) in [5.74, 6) is 0.270. The van der Waals surface area contributed by atoms with Gasteiger partial charge in [-0.1, -0.05) is 29.8 Å². The normalized spacial score (nSPS) is 10.6. The molecule has 152 valence electrons. The number of ether oxygens (including phenoxy) is 2. The highest BCUT2D eigenvalue weighted by atomic mass is 16.5. The molecule has 0 aliphatic heterocycles. The molecule has 3 rings (SSSR count). The van der Waals surface area contributed by atoms with E-state index in [-0.39, 0.29) is 12.5 Å². The molecule has 0 aliphatic rings. The molecule has 0 aromatic heterocycles. The number of esters is 1. The van der Waals surface area contributed by atoms with Crippen molar-refractivity contribution in [3.05, 3.63) is 95.1 Å². The lowest BCUT2D eigenvalue weighted by molar-refractivity contribution is -0.123. The summed E-state index contributed by atoms with van der Waals surface area (Å²) in [6.07, 6.45) is 1.50. The Morgan fingerprint density at radius 3 is 2.33 bits per heavy atom. The van der Waals surface area contributed by atoms with Gasteiger partial charge in [0.25, 0.3) is 5.91 Å². The Morgan fingerprint density at radius 1 is 0.900 bits per heavy atom. The van der Waals surface area contributed by atoms with Crippen molar-refractivity contribution < 1.29 is 19.1 Å². The summed E-state index contributed by atoms with van der Waals surface area (Å²) in [7, 11) is 0. The number of rotatable bonds is 7. The minimum Gasteiger partial charge on any atom is -0.484 e. The molecular weight excluding hydrogens is 380 g/mol. The fourth-order valence-electron chi connectivity index (χ4n) is 2.54. The van der Waals surface area contributed by atoms with Crippen LogP contribution < -0.4 is 14.9 Å². The molecule has 0 atom stereocenters. The predicted molar refractivity (Wildman–Crippen MR) is 115 cm³/mol. The summed E-state index contributed by atoms with van der Waals surface area (Å²) in [6.45, 7) is 3.77. The van der Waals surface area contributed by atoms with Crippen LogP contribution in [-0.2, 0) is 4.79 Å². The minimum absolute atomic E-state index is 0.130. The van der Waals surface area contributed by atoms with Gasteiger partial charge < -0.3 is 9.47 Å². The van der Waals surface area contributed by atoms with Gasteiger partial charge in [-0.3, -0.25) is 4.79 Å². The number of aryl methyl sites for hydroxylation is 2. The van der Waals surface area contributed by atoms with Crippen LogP contribution in [0.25, 0.3) is 0 Å². The molecule has 0 fully saturated rings. The van der Waals surface area contributed by atoms with Gasteiger partial charge in [0, 0.05) is 0 Å². The number of carbonyl (C=O) groups is 2. The van der Waals surface area contributed by atoms with E-state index in [0.29, 0.717) is 17.1 Å². The molecule has 0 radical (unpaired) electrons. The molecular formula is C24H22N2O4. The second-order valence-corrected chi connectivity index (χ2v) is 6.72. The zero-order valence-corrected chi connectivity index (χ0v) is 16.8. The van der Waals surface area contributed by atoms with Crippen LogP contribution in [0, 0.1) is 13.8 Å². The summed E-state index contributed by atoms with van der Waals surface area (Å²) < 4.78 is 10.8. The van der Waals surface area contributed by atoms with Gasteiger partial charge >= 0.3 is 5.97 Å². The molecule has 30 heavy (non-hydrogen) atoms. The van der Waals surface area contributed by atoms with E-state index in [1.807, 2.05) is 44.2 Å². The van der Waals surface area contributed by atoms with Gasteiger partial charge in [-0.15, -0.1) is 0 Å². The summed E-state index contributed by atoms with van der Waals surface area (Å²) in [4.78, 5) is 23.9. The van der Waals surface area contributed by atoms with E-state index < -0.39 is 5.97 Å². The molecule has 6 heteroatoms. The van der Waals surface area contributed by atoms with E-state index in [4.69, 9.17) is 9.47 Å². The standard InChI is InChI=1S/C24H22N2O4/c1-17-6-10-20(11-7-17)24(28)30-21-12-8-19(9-13-21)15-25-26-23(27)16-29-22-5-3-4-18(2)14-22/h3-15H,16H2,1-2H3,(H,26,27). The molecule has 0 saturated heterocycles. The van der Waals surface area contributed by atoms with Crippen molar-refractivity contribution in [2.45, 2.75) is 13.8 Å². The summed E-state index contributed by atoms with van der Waals surface area (Å²) >= 11 is 0. The van der Waals surface area contributed by atoms with Gasteiger partial charge in [-0.2, -0.15) is 5.10 Å². The van der Waals surface area contributed by atoms with E-state index in [2.05, 4.69) is 10.5 Å². The van der Waals surface area contributed by atoms with E-state index in [1.165, 1.54) is 6.21 Å². The first kappa shape index (κ1) is 20.8. The lowest BCUT2D eigenvalue weighted by atomic mass is 10.1. The average Bonchev–Trinajstić information content (AvgIpc) is 2.74. The Morgan fingerprint density at radius 2 is 1.63 bits per heavy atom. The fraction of sp³-hybridized carbons (Fsp3) is 0.125. The fourth-order valence-corrected chi connectivity index (χ4v) is 2.54. The van der Waals surface area contributed by atoms with Gasteiger partial charge in [-0.25, -0.2) is 10.2 Å². The number of benzene rings is 3. The van der Waals surface area contributed by atoms with Gasteiger partial charge in [0.05, 0.1) is 11.8 Å². The Balaban J connectivity index is 1.46. The molecule has 0 spiro atoms. The highest BCUT2D eigenvalue weighted by Crippen LogP contribution is 2.14. The molecule has 1 N–H and O–H groups in total. The maximum Gasteiger partial charge on any atom is 0.343 e. The van der Waals surface area contributed by atoms with Crippen LogP contribution in [-0.4, -0.2) is 24.7 Å². The number of carbonyl (C=O) groups excluding carboxylic acids is 2. The summed E-state index contributed by atoms with van der Waals surface area (Å²) in [6, 6.07) is 21.4. The van der Waals surface area contributed by atoms with Crippen LogP contribution in [0.4, 0.5) is 0 Å². The van der Waals surface area contributed by atoms with Gasteiger partial charge in [0.2, 0.25) is 0 Å². The third-order valence-electron chi connectivity index (χ3n) is 4.14. The molecule has 0 heterocycles. The number of hydrogen-bond donors (Lipinski definition) is 1. The lowest BCUT2D eigenvalue weighted by Crippen LogP contribution is -2.24. The van der Waals surface area contributed by atoms with Crippen molar-refractivity contribution in [2.75, 3.05) is 6.61 Å². The van der Waals surface area contributed by atoms with E-state index in [1.54, 1.807) is 42.5 Å². The molecule has 1 amide bonds. The molecule has 0 aliphatic carbocycles. The zero-order chi connectivity index (χ0) is 21.3.